The molecule has 4 aromatic rings. The number of aromatic amines is 2. The lowest BCUT2D eigenvalue weighted by Gasteiger charge is -1.99. The number of fused-ring (bicyclic) bond motifs is 2. The number of nitrogens with zero attached hydrogens (tertiary/aromatic N) is 3. The summed E-state index contributed by atoms with van der Waals surface area (Å²) in [7, 11) is 0. The van der Waals surface area contributed by atoms with Crippen LogP contribution < -0.4 is 5.56 Å². The second-order valence-electron chi connectivity index (χ2n) is 5.54. The lowest BCUT2D eigenvalue weighted by atomic mass is 10.3. The zero-order chi connectivity index (χ0) is 18.3. The van der Waals surface area contributed by atoms with E-state index in [4.69, 9.17) is 12.2 Å². The smallest absolute Gasteiger partial charge is 0.274 e. The van der Waals surface area contributed by atoms with E-state index in [1.54, 1.807) is 29.0 Å². The molecule has 9 heteroatoms. The molecule has 2 aromatic carbocycles. The van der Waals surface area contributed by atoms with E-state index in [2.05, 4.69) is 15.0 Å². The first-order valence-electron chi connectivity index (χ1n) is 7.59. The molecule has 2 N–H and O–H groups in total. The normalized spacial score (nSPS) is 11.5. The van der Waals surface area contributed by atoms with Gasteiger partial charge in [-0.2, -0.15) is 0 Å². The molecule has 8 nitrogen and oxygen atoms in total. The summed E-state index contributed by atoms with van der Waals surface area (Å²) in [4.78, 5) is 32.8. The number of nitro groups is 1. The summed E-state index contributed by atoms with van der Waals surface area (Å²) >= 11 is 5.27. The van der Waals surface area contributed by atoms with Gasteiger partial charge in [0.2, 0.25) is 0 Å². The molecule has 0 saturated carbocycles. The fourth-order valence-corrected chi connectivity index (χ4v) is 2.94. The molecule has 128 valence electrons. The number of hydrogen-bond donors (Lipinski definition) is 2. The first kappa shape index (κ1) is 15.9. The molecule has 0 radical (unpaired) electrons. The van der Waals surface area contributed by atoms with Gasteiger partial charge in [-0.15, -0.1) is 0 Å². The molecule has 0 amide bonds. The summed E-state index contributed by atoms with van der Waals surface area (Å²) in [5, 5.41) is 11.0. The summed E-state index contributed by atoms with van der Waals surface area (Å²) in [5.41, 5.74) is 2.33. The number of non-ortho nitro benzene ring substituents is 1. The van der Waals surface area contributed by atoms with Crippen molar-refractivity contribution in [2.75, 3.05) is 0 Å². The third kappa shape index (κ3) is 2.70. The Balaban J connectivity index is 1.84. The van der Waals surface area contributed by atoms with E-state index in [1.165, 1.54) is 18.2 Å². The Kier molecular flexibility index (Phi) is 3.70. The standard InChI is InChI=1S/C17H11N5O3S/c23-16-14(18-11-3-1-2-4-12(11)19-16)7-8-21-15-9-10(22(24)25)5-6-13(15)20-17(21)26/h1-9H,(H,19,23)(H,20,26)/b8-7+. The molecular weight excluding hydrogens is 354 g/mol. The van der Waals surface area contributed by atoms with Gasteiger partial charge in [0.15, 0.2) is 4.77 Å². The maximum Gasteiger partial charge on any atom is 0.274 e. The molecule has 4 rings (SSSR count). The van der Waals surface area contributed by atoms with Crippen LogP contribution >= 0.6 is 12.2 Å². The number of para-hydroxylation sites is 2. The second kappa shape index (κ2) is 6.05. The molecule has 0 aliphatic carbocycles. The van der Waals surface area contributed by atoms with Gasteiger partial charge in [-0.25, -0.2) is 4.98 Å². The minimum absolute atomic E-state index is 0.0460. The van der Waals surface area contributed by atoms with Crippen molar-refractivity contribution in [2.24, 2.45) is 0 Å². The van der Waals surface area contributed by atoms with Crippen molar-refractivity contribution in [2.45, 2.75) is 0 Å². The Bertz CT molecular complexity index is 1320. The highest BCUT2D eigenvalue weighted by Gasteiger charge is 2.10. The van der Waals surface area contributed by atoms with Crippen molar-refractivity contribution < 1.29 is 4.92 Å². The van der Waals surface area contributed by atoms with Crippen LogP contribution in [0.1, 0.15) is 5.69 Å². The number of imidazole rings is 1. The summed E-state index contributed by atoms with van der Waals surface area (Å²) in [5.74, 6) is 0. The van der Waals surface area contributed by atoms with Crippen LogP contribution in [0.15, 0.2) is 47.3 Å². The van der Waals surface area contributed by atoms with Crippen LogP contribution in [0.25, 0.3) is 34.3 Å². The van der Waals surface area contributed by atoms with Gasteiger partial charge in [0, 0.05) is 18.3 Å². The van der Waals surface area contributed by atoms with E-state index in [-0.39, 0.29) is 16.9 Å². The first-order chi connectivity index (χ1) is 12.5. The van der Waals surface area contributed by atoms with Crippen molar-refractivity contribution in [3.8, 4) is 0 Å². The number of H-pyrrole nitrogens is 2. The van der Waals surface area contributed by atoms with Gasteiger partial charge in [-0.05, 0) is 36.5 Å². The molecule has 0 saturated heterocycles. The monoisotopic (exact) mass is 365 g/mol. The Hall–Kier alpha value is -3.59. The van der Waals surface area contributed by atoms with Gasteiger partial charge in [0.1, 0.15) is 5.69 Å². The maximum atomic E-state index is 12.2. The minimum Gasteiger partial charge on any atom is -0.330 e. The fraction of sp³-hybridized carbons (Fsp3) is 0. The quantitative estimate of drug-likeness (QED) is 0.328. The second-order valence-corrected chi connectivity index (χ2v) is 5.93. The lowest BCUT2D eigenvalue weighted by Crippen LogP contribution is -2.11. The van der Waals surface area contributed by atoms with Crippen LogP contribution in [0.2, 0.25) is 0 Å². The molecule has 0 fully saturated rings. The van der Waals surface area contributed by atoms with Crippen molar-refractivity contribution in [1.82, 2.24) is 19.5 Å². The zero-order valence-electron chi connectivity index (χ0n) is 13.2. The molecule has 2 aromatic heterocycles. The summed E-state index contributed by atoms with van der Waals surface area (Å²) in [6.07, 6.45) is 3.09. The number of benzene rings is 2. The largest absolute Gasteiger partial charge is 0.330 e. The molecule has 0 atom stereocenters. The Morgan fingerprint density at radius 3 is 2.77 bits per heavy atom. The van der Waals surface area contributed by atoms with Crippen molar-refractivity contribution in [3.05, 3.63) is 73.4 Å². The first-order valence-corrected chi connectivity index (χ1v) is 8.00. The molecular formula is C17H11N5O3S. The zero-order valence-corrected chi connectivity index (χ0v) is 14.0. The highest BCUT2D eigenvalue weighted by atomic mass is 32.1. The lowest BCUT2D eigenvalue weighted by molar-refractivity contribution is -0.384. The van der Waals surface area contributed by atoms with Gasteiger partial charge in [-0.1, -0.05) is 12.1 Å². The van der Waals surface area contributed by atoms with Crippen molar-refractivity contribution >= 4 is 52.2 Å². The van der Waals surface area contributed by atoms with Gasteiger partial charge in [0.05, 0.1) is 27.0 Å². The molecule has 0 aliphatic heterocycles. The topological polar surface area (TPSA) is 110 Å². The molecule has 2 heterocycles. The van der Waals surface area contributed by atoms with Crippen LogP contribution in [-0.2, 0) is 0 Å². The van der Waals surface area contributed by atoms with Gasteiger partial charge < -0.3 is 9.97 Å². The number of nitro benzene ring substituents is 1. The van der Waals surface area contributed by atoms with E-state index in [9.17, 15) is 14.9 Å². The van der Waals surface area contributed by atoms with Crippen molar-refractivity contribution in [1.29, 1.82) is 0 Å². The number of rotatable bonds is 3. The molecule has 26 heavy (non-hydrogen) atoms. The number of nitrogens with one attached hydrogen (secondary N) is 2. The maximum absolute atomic E-state index is 12.2. The van der Waals surface area contributed by atoms with E-state index >= 15 is 0 Å². The van der Waals surface area contributed by atoms with Gasteiger partial charge in [-0.3, -0.25) is 19.5 Å². The average molecular weight is 365 g/mol. The highest BCUT2D eigenvalue weighted by molar-refractivity contribution is 7.71. The van der Waals surface area contributed by atoms with Crippen molar-refractivity contribution in [3.63, 3.8) is 0 Å². The van der Waals surface area contributed by atoms with Gasteiger partial charge in [0.25, 0.3) is 11.2 Å². The SMILES string of the molecule is O=c1[nH]c2ccccc2nc1/C=C/n1c(=S)[nH]c2ccc([N+](=O)[O-])cc21. The molecule has 0 bridgehead atoms. The third-order valence-electron chi connectivity index (χ3n) is 3.92. The Morgan fingerprint density at radius 2 is 1.96 bits per heavy atom. The van der Waals surface area contributed by atoms with Crippen LogP contribution in [-0.4, -0.2) is 24.4 Å². The summed E-state index contributed by atoms with van der Waals surface area (Å²) in [6, 6.07) is 11.6. The van der Waals surface area contributed by atoms with Crippen LogP contribution in [0.4, 0.5) is 5.69 Å². The molecule has 0 spiro atoms. The van der Waals surface area contributed by atoms with Crippen LogP contribution in [0.3, 0.4) is 0 Å². The summed E-state index contributed by atoms with van der Waals surface area (Å²) < 4.78 is 1.92. The Labute approximate surface area is 150 Å². The minimum atomic E-state index is -0.473. The molecule has 0 aliphatic rings. The van der Waals surface area contributed by atoms with Gasteiger partial charge >= 0.3 is 0 Å². The number of aromatic nitrogens is 4. The Morgan fingerprint density at radius 1 is 1.15 bits per heavy atom. The van der Waals surface area contributed by atoms with E-state index in [1.807, 2.05) is 12.1 Å². The molecule has 0 unspecified atom stereocenters. The highest BCUT2D eigenvalue weighted by Crippen LogP contribution is 2.21. The predicted octanol–water partition coefficient (Wildman–Crippen LogP) is 3.47. The van der Waals surface area contributed by atoms with E-state index in [0.717, 1.165) is 0 Å². The van der Waals surface area contributed by atoms with Crippen LogP contribution in [0, 0.1) is 14.9 Å². The third-order valence-corrected chi connectivity index (χ3v) is 4.22. The number of hydrogen-bond acceptors (Lipinski definition) is 5. The van der Waals surface area contributed by atoms with E-state index in [0.29, 0.717) is 26.8 Å². The fourth-order valence-electron chi connectivity index (χ4n) is 2.67. The van der Waals surface area contributed by atoms with Crippen LogP contribution in [0.5, 0.6) is 0 Å². The van der Waals surface area contributed by atoms with E-state index < -0.39 is 4.92 Å². The average Bonchev–Trinajstić information content (AvgIpc) is 2.94. The predicted molar refractivity (Wildman–Crippen MR) is 101 cm³/mol. The summed E-state index contributed by atoms with van der Waals surface area (Å²) in [6.45, 7) is 0.